The van der Waals surface area contributed by atoms with E-state index in [1.165, 1.54) is 0 Å². The van der Waals surface area contributed by atoms with Crippen molar-refractivity contribution < 1.29 is 9.59 Å². The van der Waals surface area contributed by atoms with Gasteiger partial charge in [0, 0.05) is 49.9 Å². The first-order chi connectivity index (χ1) is 11.1. The molecule has 0 unspecified atom stereocenters. The molecule has 1 aromatic carbocycles. The largest absolute Gasteiger partial charge is 0.340 e. The topological polar surface area (TPSA) is 43.9 Å². The van der Waals surface area contributed by atoms with E-state index in [2.05, 4.69) is 11.8 Å². The van der Waals surface area contributed by atoms with Gasteiger partial charge in [-0.3, -0.25) is 9.59 Å². The van der Waals surface area contributed by atoms with Gasteiger partial charge in [-0.25, -0.2) is 0 Å². The fraction of sp³-hybridized carbons (Fsp3) is 0.529. The van der Waals surface area contributed by atoms with Crippen LogP contribution in [0.2, 0.25) is 5.02 Å². The fourth-order valence-electron chi connectivity index (χ4n) is 3.29. The molecule has 0 N–H and O–H groups in total. The minimum atomic E-state index is -0.230. The molecule has 6 heteroatoms. The standard InChI is InChI=1S/C17H22ClN3O2/c1-2-19-7-9-20(10-8-19)17(23)13-11-16(22)21(12-13)15-5-3-14(18)4-6-15/h3-6,13H,2,7-12H2,1H3/t13-/m1/s1. The van der Waals surface area contributed by atoms with Crippen LogP contribution in [0.4, 0.5) is 5.69 Å². The van der Waals surface area contributed by atoms with E-state index in [0.29, 0.717) is 18.0 Å². The number of carbonyl (C=O) groups is 2. The summed E-state index contributed by atoms with van der Waals surface area (Å²) in [6.45, 7) is 6.99. The maximum Gasteiger partial charge on any atom is 0.228 e. The van der Waals surface area contributed by atoms with Gasteiger partial charge in [-0.2, -0.15) is 0 Å². The first-order valence-electron chi connectivity index (χ1n) is 8.15. The van der Waals surface area contributed by atoms with Crippen LogP contribution in [0.25, 0.3) is 0 Å². The predicted molar refractivity (Wildman–Crippen MR) is 90.6 cm³/mol. The molecule has 2 saturated heterocycles. The average Bonchev–Trinajstić information content (AvgIpc) is 2.97. The number of anilines is 1. The van der Waals surface area contributed by atoms with Crippen LogP contribution in [0.3, 0.4) is 0 Å². The van der Waals surface area contributed by atoms with Crippen LogP contribution in [0.1, 0.15) is 13.3 Å². The Morgan fingerprint density at radius 3 is 2.43 bits per heavy atom. The quantitative estimate of drug-likeness (QED) is 0.847. The van der Waals surface area contributed by atoms with E-state index in [1.807, 2.05) is 17.0 Å². The maximum absolute atomic E-state index is 12.7. The van der Waals surface area contributed by atoms with Crippen LogP contribution >= 0.6 is 11.6 Å². The monoisotopic (exact) mass is 335 g/mol. The molecule has 2 aliphatic heterocycles. The summed E-state index contributed by atoms with van der Waals surface area (Å²) in [5.74, 6) is -0.102. The van der Waals surface area contributed by atoms with Gasteiger partial charge in [-0.05, 0) is 30.8 Å². The molecule has 0 aliphatic carbocycles. The van der Waals surface area contributed by atoms with E-state index in [1.54, 1.807) is 17.0 Å². The highest BCUT2D eigenvalue weighted by atomic mass is 35.5. The van der Waals surface area contributed by atoms with Crippen molar-refractivity contribution in [3.05, 3.63) is 29.3 Å². The summed E-state index contributed by atoms with van der Waals surface area (Å²) in [7, 11) is 0. The summed E-state index contributed by atoms with van der Waals surface area (Å²) in [5, 5.41) is 0.641. The van der Waals surface area contributed by atoms with Gasteiger partial charge in [-0.15, -0.1) is 0 Å². The van der Waals surface area contributed by atoms with Gasteiger partial charge >= 0.3 is 0 Å². The van der Waals surface area contributed by atoms with Gasteiger partial charge in [0.15, 0.2) is 0 Å². The van der Waals surface area contributed by atoms with Gasteiger partial charge in [0.25, 0.3) is 0 Å². The molecule has 5 nitrogen and oxygen atoms in total. The Bertz CT molecular complexity index is 582. The minimum absolute atomic E-state index is 0.0119. The molecule has 0 saturated carbocycles. The van der Waals surface area contributed by atoms with Crippen molar-refractivity contribution in [2.45, 2.75) is 13.3 Å². The number of rotatable bonds is 3. The molecule has 124 valence electrons. The van der Waals surface area contributed by atoms with Crippen LogP contribution in [0, 0.1) is 5.92 Å². The zero-order chi connectivity index (χ0) is 16.4. The lowest BCUT2D eigenvalue weighted by Gasteiger charge is -2.35. The van der Waals surface area contributed by atoms with Crippen molar-refractivity contribution >= 4 is 29.1 Å². The summed E-state index contributed by atoms with van der Waals surface area (Å²) < 4.78 is 0. The van der Waals surface area contributed by atoms with E-state index >= 15 is 0 Å². The number of hydrogen-bond acceptors (Lipinski definition) is 3. The Hall–Kier alpha value is -1.59. The summed E-state index contributed by atoms with van der Waals surface area (Å²) in [4.78, 5) is 30.9. The van der Waals surface area contributed by atoms with Crippen LogP contribution in [-0.2, 0) is 9.59 Å². The van der Waals surface area contributed by atoms with Crippen LogP contribution in [0.15, 0.2) is 24.3 Å². The molecule has 2 fully saturated rings. The highest BCUT2D eigenvalue weighted by Crippen LogP contribution is 2.27. The Morgan fingerprint density at radius 2 is 1.83 bits per heavy atom. The highest BCUT2D eigenvalue weighted by molar-refractivity contribution is 6.30. The minimum Gasteiger partial charge on any atom is -0.340 e. The zero-order valence-corrected chi connectivity index (χ0v) is 14.1. The molecular weight excluding hydrogens is 314 g/mol. The number of piperazine rings is 1. The molecular formula is C17H22ClN3O2. The number of nitrogens with zero attached hydrogens (tertiary/aromatic N) is 3. The van der Waals surface area contributed by atoms with Gasteiger partial charge in [-0.1, -0.05) is 18.5 Å². The molecule has 0 aromatic heterocycles. The molecule has 0 radical (unpaired) electrons. The van der Waals surface area contributed by atoms with E-state index in [0.717, 1.165) is 38.4 Å². The third-order valence-electron chi connectivity index (χ3n) is 4.74. The third kappa shape index (κ3) is 3.51. The van der Waals surface area contributed by atoms with Crippen molar-refractivity contribution in [3.63, 3.8) is 0 Å². The van der Waals surface area contributed by atoms with Crippen molar-refractivity contribution in [2.24, 2.45) is 5.92 Å². The molecule has 2 aliphatic rings. The van der Waals surface area contributed by atoms with E-state index in [9.17, 15) is 9.59 Å². The van der Waals surface area contributed by atoms with Gasteiger partial charge in [0.05, 0.1) is 5.92 Å². The molecule has 0 bridgehead atoms. The number of amides is 2. The fourth-order valence-corrected chi connectivity index (χ4v) is 3.41. The molecule has 2 heterocycles. The van der Waals surface area contributed by atoms with Crippen LogP contribution in [-0.4, -0.2) is 60.9 Å². The molecule has 1 atom stereocenters. The van der Waals surface area contributed by atoms with Crippen LogP contribution < -0.4 is 4.90 Å². The molecule has 3 rings (SSSR count). The summed E-state index contributed by atoms with van der Waals surface area (Å²) in [6.07, 6.45) is 0.301. The van der Waals surface area contributed by atoms with Gasteiger partial charge < -0.3 is 14.7 Å². The Balaban J connectivity index is 1.63. The molecule has 0 spiro atoms. The number of hydrogen-bond donors (Lipinski definition) is 0. The second-order valence-corrected chi connectivity index (χ2v) is 6.58. The van der Waals surface area contributed by atoms with E-state index in [4.69, 9.17) is 11.6 Å². The zero-order valence-electron chi connectivity index (χ0n) is 13.4. The highest BCUT2D eigenvalue weighted by Gasteiger charge is 2.37. The third-order valence-corrected chi connectivity index (χ3v) is 5.00. The van der Waals surface area contributed by atoms with Crippen LogP contribution in [0.5, 0.6) is 0 Å². The lowest BCUT2D eigenvalue weighted by Crippen LogP contribution is -2.50. The van der Waals surface area contributed by atoms with Gasteiger partial charge in [0.1, 0.15) is 0 Å². The number of likely N-dealkylation sites (N-methyl/N-ethyl adjacent to an activating group) is 1. The number of halogens is 1. The smallest absolute Gasteiger partial charge is 0.228 e. The van der Waals surface area contributed by atoms with E-state index in [-0.39, 0.29) is 17.7 Å². The summed E-state index contributed by atoms with van der Waals surface area (Å²) >= 11 is 5.89. The average molecular weight is 336 g/mol. The SMILES string of the molecule is CCN1CCN(C(=O)[C@@H]2CC(=O)N(c3ccc(Cl)cc3)C2)CC1. The second-order valence-electron chi connectivity index (χ2n) is 6.14. The second kappa shape index (κ2) is 6.89. The first kappa shape index (κ1) is 16.3. The lowest BCUT2D eigenvalue weighted by atomic mass is 10.1. The van der Waals surface area contributed by atoms with Crippen molar-refractivity contribution in [1.29, 1.82) is 0 Å². The van der Waals surface area contributed by atoms with E-state index < -0.39 is 0 Å². The Labute approximate surface area is 141 Å². The molecule has 1 aromatic rings. The normalized spacial score (nSPS) is 22.7. The predicted octanol–water partition coefficient (Wildman–Crippen LogP) is 1.86. The summed E-state index contributed by atoms with van der Waals surface area (Å²) in [5.41, 5.74) is 0.811. The van der Waals surface area contributed by atoms with Crippen molar-refractivity contribution in [2.75, 3.05) is 44.2 Å². The summed E-state index contributed by atoms with van der Waals surface area (Å²) in [6, 6.07) is 7.19. The van der Waals surface area contributed by atoms with Gasteiger partial charge in [0.2, 0.25) is 11.8 Å². The maximum atomic E-state index is 12.7. The lowest BCUT2D eigenvalue weighted by molar-refractivity contribution is -0.137. The number of carbonyl (C=O) groups excluding carboxylic acids is 2. The molecule has 2 amide bonds. The van der Waals surface area contributed by atoms with Crippen molar-refractivity contribution in [3.8, 4) is 0 Å². The first-order valence-corrected chi connectivity index (χ1v) is 8.53. The Kier molecular flexibility index (Phi) is 4.87. The number of benzene rings is 1. The Morgan fingerprint density at radius 1 is 1.17 bits per heavy atom. The van der Waals surface area contributed by atoms with Crippen molar-refractivity contribution in [1.82, 2.24) is 9.80 Å². The molecule has 23 heavy (non-hydrogen) atoms.